The lowest BCUT2D eigenvalue weighted by molar-refractivity contribution is 0.669. The maximum Gasteiger partial charge on any atom is 0.143 e. The van der Waals surface area contributed by atoms with E-state index in [1.807, 2.05) is 24.3 Å². The van der Waals surface area contributed by atoms with Crippen LogP contribution in [0.5, 0.6) is 0 Å². The fourth-order valence-corrected chi connectivity index (χ4v) is 21.7. The van der Waals surface area contributed by atoms with Crippen LogP contribution in [0.15, 0.2) is 531 Å². The second-order valence-electron chi connectivity index (χ2n) is 36.2. The smallest absolute Gasteiger partial charge is 0.143 e. The number of nitrogens with zero attached hydrogens (tertiary/aromatic N) is 6. The average molecular weight is 1790 g/mol. The summed E-state index contributed by atoms with van der Waals surface area (Å²) in [5.41, 5.74) is 37.9. The lowest BCUT2D eigenvalue weighted by Gasteiger charge is -2.26. The lowest BCUT2D eigenvalue weighted by atomic mass is 10.0. The van der Waals surface area contributed by atoms with E-state index in [0.717, 1.165) is 145 Å². The summed E-state index contributed by atoms with van der Waals surface area (Å²) >= 11 is 0. The maximum atomic E-state index is 6.47. The number of para-hydroxylation sites is 12. The third kappa shape index (κ3) is 13.8. The van der Waals surface area contributed by atoms with Crippen LogP contribution in [0.4, 0.5) is 34.1 Å². The second kappa shape index (κ2) is 33.7. The van der Waals surface area contributed by atoms with Crippen LogP contribution in [0, 0.1) is 0 Å². The van der Waals surface area contributed by atoms with E-state index < -0.39 is 0 Å². The molecule has 0 saturated carbocycles. The molecule has 0 aliphatic carbocycles. The lowest BCUT2D eigenvalue weighted by Crippen LogP contribution is -2.09. The van der Waals surface area contributed by atoms with Crippen molar-refractivity contribution < 1.29 is 8.83 Å². The molecule has 0 aliphatic heterocycles. The van der Waals surface area contributed by atoms with E-state index in [2.05, 4.69) is 526 Å². The van der Waals surface area contributed by atoms with Crippen LogP contribution < -0.4 is 9.80 Å². The Kier molecular flexibility index (Phi) is 19.5. The number of anilines is 6. The Labute approximate surface area is 807 Å². The molecule has 28 aromatic rings. The van der Waals surface area contributed by atoms with Gasteiger partial charge < -0.3 is 36.9 Å². The number of rotatable bonds is 16. The highest BCUT2D eigenvalue weighted by atomic mass is 16.3. The predicted molar refractivity (Wildman–Crippen MR) is 587 cm³/mol. The quantitative estimate of drug-likeness (QED) is 0.0967. The standard InChI is InChI=1S/2C66H43N3O/c1-3-14-49(15-4-1)68-61-23-10-7-18-55(61)57-40-32-47(42-63(57)68)44-26-34-51(35-27-44)67(53-38-30-46(31-39-53)54-21-13-22-60-59-20-9-12-25-65(59)70-66(54)60)52-36-28-45(29-37-52)48-33-41-58-56-19-8-11-24-62(56)69(64(58)43-48)50-16-5-2-6-17-50;1-2-13-49(14-3-1)68-63-23-10-6-17-57(63)60-43-48(33-42-64(60)68)46-29-36-51(37-30-46)67(52-40-31-47(32-41-52)54-19-12-20-59-58-18-7-11-24-65(58)70-66(54)59)50-34-25-44(26-35-50)45-27-38-53(39-28-45)69-61-21-8-4-15-55(61)56-16-5-9-22-62(56)69/h2*1-43H. The molecule has 6 heterocycles. The van der Waals surface area contributed by atoms with Crippen molar-refractivity contribution in [2.24, 2.45) is 0 Å². The Balaban J connectivity index is 0.000000141. The van der Waals surface area contributed by atoms with Gasteiger partial charge in [0.1, 0.15) is 22.3 Å². The van der Waals surface area contributed by atoms with E-state index >= 15 is 0 Å². The van der Waals surface area contributed by atoms with Gasteiger partial charge in [-0.25, -0.2) is 0 Å². The Hall–Kier alpha value is -18.8. The molecule has 8 heteroatoms. The van der Waals surface area contributed by atoms with Crippen molar-refractivity contribution in [3.8, 4) is 89.5 Å². The Morgan fingerprint density at radius 3 is 0.707 bits per heavy atom. The molecule has 0 unspecified atom stereocenters. The van der Waals surface area contributed by atoms with E-state index in [0.29, 0.717) is 0 Å². The molecule has 0 bridgehead atoms. The molecule has 28 rings (SSSR count). The molecule has 656 valence electrons. The fraction of sp³-hybridized carbons (Fsp3) is 0. The van der Waals surface area contributed by atoms with E-state index in [1.54, 1.807) is 0 Å². The molecule has 0 radical (unpaired) electrons. The summed E-state index contributed by atoms with van der Waals surface area (Å²) in [5.74, 6) is 0. The summed E-state index contributed by atoms with van der Waals surface area (Å²) in [6.45, 7) is 0. The number of furan rings is 2. The normalized spacial score (nSPS) is 11.7. The van der Waals surface area contributed by atoms with E-state index in [9.17, 15) is 0 Å². The van der Waals surface area contributed by atoms with Gasteiger partial charge in [0.2, 0.25) is 0 Å². The summed E-state index contributed by atoms with van der Waals surface area (Å²) in [6.07, 6.45) is 0. The van der Waals surface area contributed by atoms with Crippen molar-refractivity contribution >= 4 is 165 Å². The third-order valence-corrected chi connectivity index (χ3v) is 28.3. The van der Waals surface area contributed by atoms with E-state index in [4.69, 9.17) is 8.83 Å². The molecule has 140 heavy (non-hydrogen) atoms. The summed E-state index contributed by atoms with van der Waals surface area (Å²) in [7, 11) is 0. The van der Waals surface area contributed by atoms with Gasteiger partial charge in [0.25, 0.3) is 0 Å². The van der Waals surface area contributed by atoms with Crippen LogP contribution in [0.1, 0.15) is 0 Å². The first-order valence-electron chi connectivity index (χ1n) is 47.8. The monoisotopic (exact) mass is 1790 g/mol. The van der Waals surface area contributed by atoms with Crippen LogP contribution in [0.2, 0.25) is 0 Å². The van der Waals surface area contributed by atoms with Crippen molar-refractivity contribution in [1.29, 1.82) is 0 Å². The first kappa shape index (κ1) is 80.9. The van der Waals surface area contributed by atoms with Crippen LogP contribution in [0.3, 0.4) is 0 Å². The number of fused-ring (bicyclic) bond motifs is 18. The first-order chi connectivity index (χ1) is 69.4. The average Bonchev–Trinajstić information content (AvgIpc) is 1.60. The topological polar surface area (TPSA) is 52.5 Å². The molecular weight excluding hydrogens is 1700 g/mol. The number of hydrogen-bond acceptors (Lipinski definition) is 4. The zero-order valence-electron chi connectivity index (χ0n) is 76.2. The second-order valence-corrected chi connectivity index (χ2v) is 36.2. The zero-order valence-corrected chi connectivity index (χ0v) is 76.2. The van der Waals surface area contributed by atoms with Gasteiger partial charge in [-0.1, -0.05) is 334 Å². The Bertz CT molecular complexity index is 9380. The number of aromatic nitrogens is 4. The van der Waals surface area contributed by atoms with Gasteiger partial charge in [-0.05, 0) is 244 Å². The van der Waals surface area contributed by atoms with Crippen molar-refractivity contribution in [2.45, 2.75) is 0 Å². The number of benzene rings is 22. The highest BCUT2D eigenvalue weighted by Gasteiger charge is 2.24. The largest absolute Gasteiger partial charge is 0.455 e. The van der Waals surface area contributed by atoms with Crippen LogP contribution >= 0.6 is 0 Å². The first-order valence-corrected chi connectivity index (χ1v) is 47.8. The van der Waals surface area contributed by atoms with Gasteiger partial charge in [-0.3, -0.25) is 0 Å². The highest BCUT2D eigenvalue weighted by molar-refractivity contribution is 6.16. The SMILES string of the molecule is c1ccc(-n2c3ccccc3c3cc(-c4ccc(N(c5ccc(-c6ccc(-n7c8ccccc8c8ccccc87)cc6)cc5)c5ccc(-c6cccc7c6oc6ccccc67)cc5)cc4)ccc32)cc1.c1ccc(-n2c3ccccc3c3ccc(-c4ccc(N(c5ccc(-c6ccc7c8ccccc8n(-c8ccccc8)c7c6)cc5)c5ccc(-c6cccc7c6oc6ccccc67)cc5)cc4)cc32)cc1. The molecule has 0 spiro atoms. The van der Waals surface area contributed by atoms with Crippen LogP contribution in [0.25, 0.3) is 221 Å². The van der Waals surface area contributed by atoms with Gasteiger partial charge in [-0.2, -0.15) is 0 Å². The number of hydrogen-bond donors (Lipinski definition) is 0. The third-order valence-electron chi connectivity index (χ3n) is 28.3. The Morgan fingerprint density at radius 2 is 0.364 bits per heavy atom. The van der Waals surface area contributed by atoms with Gasteiger partial charge >= 0.3 is 0 Å². The van der Waals surface area contributed by atoms with Gasteiger partial charge in [0, 0.05) is 133 Å². The molecule has 6 aromatic heterocycles. The summed E-state index contributed by atoms with van der Waals surface area (Å²) in [6, 6.07) is 188. The minimum absolute atomic E-state index is 0.900. The molecule has 0 atom stereocenters. The van der Waals surface area contributed by atoms with Crippen LogP contribution in [-0.4, -0.2) is 18.3 Å². The van der Waals surface area contributed by atoms with Gasteiger partial charge in [-0.15, -0.1) is 0 Å². The maximum absolute atomic E-state index is 6.47. The summed E-state index contributed by atoms with van der Waals surface area (Å²) in [5, 5.41) is 14.5. The van der Waals surface area contributed by atoms with Crippen molar-refractivity contribution in [3.63, 3.8) is 0 Å². The molecule has 0 N–H and O–H groups in total. The highest BCUT2D eigenvalue weighted by Crippen LogP contribution is 2.47. The Morgan fingerprint density at radius 1 is 0.136 bits per heavy atom. The zero-order chi connectivity index (χ0) is 92.2. The fourth-order valence-electron chi connectivity index (χ4n) is 21.7. The van der Waals surface area contributed by atoms with Crippen LogP contribution in [-0.2, 0) is 0 Å². The van der Waals surface area contributed by atoms with Crippen molar-refractivity contribution in [1.82, 2.24) is 18.3 Å². The molecule has 8 nitrogen and oxygen atoms in total. The van der Waals surface area contributed by atoms with Gasteiger partial charge in [0.15, 0.2) is 0 Å². The van der Waals surface area contributed by atoms with Crippen molar-refractivity contribution in [3.05, 3.63) is 522 Å². The minimum Gasteiger partial charge on any atom is -0.455 e. The molecule has 22 aromatic carbocycles. The van der Waals surface area contributed by atoms with E-state index in [-0.39, 0.29) is 0 Å². The molecule has 0 aliphatic rings. The predicted octanol–water partition coefficient (Wildman–Crippen LogP) is 36.5. The van der Waals surface area contributed by atoms with Crippen molar-refractivity contribution in [2.75, 3.05) is 9.80 Å². The molecule has 0 amide bonds. The van der Waals surface area contributed by atoms with E-state index in [1.165, 1.54) is 109 Å². The molecular formula is C132H86N6O2. The van der Waals surface area contributed by atoms with Gasteiger partial charge in [0.05, 0.1) is 44.1 Å². The molecule has 0 fully saturated rings. The summed E-state index contributed by atoms with van der Waals surface area (Å²) < 4.78 is 22.4. The summed E-state index contributed by atoms with van der Waals surface area (Å²) in [4.78, 5) is 4.70. The minimum atomic E-state index is 0.900. The molecule has 0 saturated heterocycles.